The predicted octanol–water partition coefficient (Wildman–Crippen LogP) is 2.05. The van der Waals surface area contributed by atoms with E-state index in [1.54, 1.807) is 24.1 Å². The fourth-order valence-electron chi connectivity index (χ4n) is 4.09. The van der Waals surface area contributed by atoms with Gasteiger partial charge < -0.3 is 15.0 Å². The first-order chi connectivity index (χ1) is 13.1. The van der Waals surface area contributed by atoms with E-state index in [2.05, 4.69) is 23.4 Å². The fourth-order valence-corrected chi connectivity index (χ4v) is 4.09. The first-order valence-electron chi connectivity index (χ1n) is 10.0. The molecule has 148 valence electrons. The Morgan fingerprint density at radius 1 is 1.48 bits per heavy atom. The summed E-state index contributed by atoms with van der Waals surface area (Å²) in [7, 11) is 1.76. The zero-order chi connectivity index (χ0) is 19.3. The van der Waals surface area contributed by atoms with Crippen LogP contribution in [0, 0.1) is 22.7 Å². The van der Waals surface area contributed by atoms with Gasteiger partial charge in [0.1, 0.15) is 5.69 Å². The normalized spacial score (nSPS) is 23.8. The van der Waals surface area contributed by atoms with Crippen molar-refractivity contribution >= 4 is 5.91 Å². The molecule has 27 heavy (non-hydrogen) atoms. The van der Waals surface area contributed by atoms with Gasteiger partial charge in [-0.25, -0.2) is 0 Å². The third-order valence-corrected chi connectivity index (χ3v) is 6.06. The van der Waals surface area contributed by atoms with Crippen LogP contribution in [0.15, 0.2) is 12.3 Å². The maximum atomic E-state index is 12.8. The van der Waals surface area contributed by atoms with Crippen molar-refractivity contribution in [2.24, 2.45) is 11.3 Å². The highest BCUT2D eigenvalue weighted by Crippen LogP contribution is 2.36. The summed E-state index contributed by atoms with van der Waals surface area (Å²) in [6.45, 7) is 5.93. The molecule has 1 aromatic rings. The second-order valence-corrected chi connectivity index (χ2v) is 7.99. The van der Waals surface area contributed by atoms with E-state index >= 15 is 0 Å². The summed E-state index contributed by atoms with van der Waals surface area (Å²) in [5, 5.41) is 16.7. The average Bonchev–Trinajstić information content (AvgIpc) is 3.30. The van der Waals surface area contributed by atoms with E-state index in [-0.39, 0.29) is 11.3 Å². The molecule has 1 N–H and O–H groups in total. The second kappa shape index (κ2) is 8.85. The molecule has 3 rings (SSSR count). The van der Waals surface area contributed by atoms with Crippen LogP contribution in [0.25, 0.3) is 0 Å². The highest BCUT2D eigenvalue weighted by Gasteiger charge is 2.40. The molecule has 0 bridgehead atoms. The molecule has 0 spiro atoms. The summed E-state index contributed by atoms with van der Waals surface area (Å²) in [6, 6.07) is 4.51. The molecule has 2 atom stereocenters. The number of carbonyl (C=O) groups excluding carboxylic acids is 1. The van der Waals surface area contributed by atoms with Gasteiger partial charge in [0.15, 0.2) is 0 Å². The number of nitrogens with zero attached hydrogens (tertiary/aromatic N) is 4. The van der Waals surface area contributed by atoms with Crippen molar-refractivity contribution in [3.8, 4) is 6.07 Å². The third-order valence-electron chi connectivity index (χ3n) is 6.06. The molecule has 0 aromatic carbocycles. The number of methoxy groups -OCH3 is 1. The van der Waals surface area contributed by atoms with Crippen LogP contribution in [-0.4, -0.2) is 60.0 Å². The van der Waals surface area contributed by atoms with Gasteiger partial charge in [0.2, 0.25) is 0 Å². The number of carbonyl (C=O) groups is 1. The van der Waals surface area contributed by atoms with Gasteiger partial charge in [-0.05, 0) is 31.2 Å². The molecule has 2 heterocycles. The van der Waals surface area contributed by atoms with Gasteiger partial charge in [0, 0.05) is 44.4 Å². The molecule has 7 nitrogen and oxygen atoms in total. The Bertz CT molecular complexity index is 672. The van der Waals surface area contributed by atoms with Crippen molar-refractivity contribution in [1.29, 1.82) is 5.26 Å². The van der Waals surface area contributed by atoms with E-state index in [1.807, 2.05) is 4.90 Å². The summed E-state index contributed by atoms with van der Waals surface area (Å²) in [5.41, 5.74) is 0.576. The number of nitriles is 1. The number of likely N-dealkylation sites (tertiary alicyclic amines) is 1. The van der Waals surface area contributed by atoms with Crippen LogP contribution in [0.2, 0.25) is 0 Å². The van der Waals surface area contributed by atoms with E-state index in [9.17, 15) is 4.79 Å². The standard InChI is InChI=1S/C20H31N5O2/c1-3-16-13-18(16)22-14-20(15-27-2)6-11-24(12-7-20)19(26)17-5-10-25(23-17)9-4-8-21/h5,10,16,18,22H,3-4,6-7,9,11-15H2,1-2H3. The largest absolute Gasteiger partial charge is 0.384 e. The number of aromatic nitrogens is 2. The number of hydrogen-bond donors (Lipinski definition) is 1. The van der Waals surface area contributed by atoms with Crippen molar-refractivity contribution in [2.45, 2.75) is 51.6 Å². The van der Waals surface area contributed by atoms with Crippen LogP contribution in [0.3, 0.4) is 0 Å². The molecular formula is C20H31N5O2. The molecule has 1 aliphatic carbocycles. The first kappa shape index (κ1) is 19.8. The van der Waals surface area contributed by atoms with Crippen molar-refractivity contribution in [2.75, 3.05) is 33.4 Å². The Morgan fingerprint density at radius 2 is 2.26 bits per heavy atom. The third kappa shape index (κ3) is 4.88. The lowest BCUT2D eigenvalue weighted by atomic mass is 9.78. The van der Waals surface area contributed by atoms with Crippen molar-refractivity contribution in [3.63, 3.8) is 0 Å². The minimum Gasteiger partial charge on any atom is -0.384 e. The van der Waals surface area contributed by atoms with Gasteiger partial charge >= 0.3 is 0 Å². The molecular weight excluding hydrogens is 342 g/mol. The van der Waals surface area contributed by atoms with Crippen LogP contribution in [-0.2, 0) is 11.3 Å². The van der Waals surface area contributed by atoms with E-state index in [0.29, 0.717) is 24.7 Å². The van der Waals surface area contributed by atoms with E-state index in [0.717, 1.165) is 45.0 Å². The SMILES string of the molecule is CCC1CC1NCC1(COC)CCN(C(=O)c2ccn(CCC#N)n2)CC1. The fraction of sp³-hybridized carbons (Fsp3) is 0.750. The van der Waals surface area contributed by atoms with Crippen LogP contribution in [0.1, 0.15) is 49.5 Å². The number of aryl methyl sites for hydroxylation is 1. The minimum atomic E-state index is -0.0158. The van der Waals surface area contributed by atoms with Crippen molar-refractivity contribution in [3.05, 3.63) is 18.0 Å². The molecule has 0 radical (unpaired) electrons. The molecule has 1 saturated heterocycles. The Balaban J connectivity index is 1.53. The van der Waals surface area contributed by atoms with Crippen LogP contribution < -0.4 is 5.32 Å². The summed E-state index contributed by atoms with van der Waals surface area (Å²) >= 11 is 0. The summed E-state index contributed by atoms with van der Waals surface area (Å²) in [6.07, 6.45) is 6.59. The molecule has 1 saturated carbocycles. The monoisotopic (exact) mass is 373 g/mol. The molecule has 7 heteroatoms. The van der Waals surface area contributed by atoms with Crippen LogP contribution in [0.5, 0.6) is 0 Å². The number of nitrogens with one attached hydrogen (secondary N) is 1. The maximum absolute atomic E-state index is 12.8. The first-order valence-corrected chi connectivity index (χ1v) is 10.0. The molecule has 2 unspecified atom stereocenters. The lowest BCUT2D eigenvalue weighted by Crippen LogP contribution is -2.49. The van der Waals surface area contributed by atoms with Crippen LogP contribution in [0.4, 0.5) is 0 Å². The zero-order valence-corrected chi connectivity index (χ0v) is 16.5. The predicted molar refractivity (Wildman–Crippen MR) is 102 cm³/mol. The van der Waals surface area contributed by atoms with E-state index < -0.39 is 0 Å². The van der Waals surface area contributed by atoms with Gasteiger partial charge in [-0.2, -0.15) is 10.4 Å². The minimum absolute atomic E-state index is 0.0158. The number of ether oxygens (including phenoxy) is 1. The highest BCUT2D eigenvalue weighted by molar-refractivity contribution is 5.92. The van der Waals surface area contributed by atoms with E-state index in [1.165, 1.54) is 12.8 Å². The molecule has 2 aliphatic rings. The highest BCUT2D eigenvalue weighted by atomic mass is 16.5. The van der Waals surface area contributed by atoms with Gasteiger partial charge in [-0.1, -0.05) is 13.3 Å². The smallest absolute Gasteiger partial charge is 0.274 e. The summed E-state index contributed by atoms with van der Waals surface area (Å²) in [5.74, 6) is 0.820. The van der Waals surface area contributed by atoms with Crippen molar-refractivity contribution < 1.29 is 9.53 Å². The van der Waals surface area contributed by atoms with Gasteiger partial charge in [0.25, 0.3) is 5.91 Å². The van der Waals surface area contributed by atoms with Gasteiger partial charge in [-0.15, -0.1) is 0 Å². The molecule has 2 fully saturated rings. The lowest BCUT2D eigenvalue weighted by molar-refractivity contribution is 0.0198. The Morgan fingerprint density at radius 3 is 2.89 bits per heavy atom. The van der Waals surface area contributed by atoms with Gasteiger partial charge in [-0.3, -0.25) is 9.48 Å². The Hall–Kier alpha value is -1.91. The summed E-state index contributed by atoms with van der Waals surface area (Å²) in [4.78, 5) is 14.7. The number of hydrogen-bond acceptors (Lipinski definition) is 5. The zero-order valence-electron chi connectivity index (χ0n) is 16.5. The second-order valence-electron chi connectivity index (χ2n) is 7.99. The Labute approximate surface area is 161 Å². The number of piperidine rings is 1. The Kier molecular flexibility index (Phi) is 6.51. The summed E-state index contributed by atoms with van der Waals surface area (Å²) < 4.78 is 7.19. The quantitative estimate of drug-likeness (QED) is 0.716. The number of rotatable bonds is 9. The van der Waals surface area contributed by atoms with E-state index in [4.69, 9.17) is 10.00 Å². The van der Waals surface area contributed by atoms with Crippen molar-refractivity contribution in [1.82, 2.24) is 20.0 Å². The molecule has 1 aromatic heterocycles. The lowest BCUT2D eigenvalue weighted by Gasteiger charge is -2.41. The van der Waals surface area contributed by atoms with Crippen LogP contribution >= 0.6 is 0 Å². The maximum Gasteiger partial charge on any atom is 0.274 e. The average molecular weight is 374 g/mol. The molecule has 1 amide bonds. The van der Waals surface area contributed by atoms with Gasteiger partial charge in [0.05, 0.1) is 25.6 Å². The molecule has 1 aliphatic heterocycles. The topological polar surface area (TPSA) is 83.2 Å². The number of amides is 1.